The lowest BCUT2D eigenvalue weighted by Gasteiger charge is -2.47. The number of nitro benzene ring substituents is 1. The van der Waals surface area contributed by atoms with E-state index in [0.717, 1.165) is 53.4 Å². The van der Waals surface area contributed by atoms with Gasteiger partial charge in [0.2, 0.25) is 5.72 Å². The smallest absolute Gasteiger partial charge is 0.305 e. The van der Waals surface area contributed by atoms with Gasteiger partial charge in [0.1, 0.15) is 18.1 Å². The Morgan fingerprint density at radius 2 is 1.45 bits per heavy atom. The number of azo groups is 1. The number of nitrogens with zero attached hydrogens (tertiary/aromatic N) is 4. The molecule has 2 heterocycles. The largest absolute Gasteiger partial charge is 0.494 e. The normalized spacial score (nSPS) is 16.3. The number of esters is 1. The van der Waals surface area contributed by atoms with Crippen LogP contribution < -0.4 is 14.4 Å². The van der Waals surface area contributed by atoms with Crippen LogP contribution in [0.2, 0.25) is 0 Å². The van der Waals surface area contributed by atoms with E-state index in [-0.39, 0.29) is 18.3 Å². The maximum atomic E-state index is 12.9. The summed E-state index contributed by atoms with van der Waals surface area (Å²) in [6.45, 7) is 7.85. The summed E-state index contributed by atoms with van der Waals surface area (Å²) in [5, 5.41) is 20.2. The molecule has 2 aliphatic rings. The second-order valence-corrected chi connectivity index (χ2v) is 15.9. The zero-order chi connectivity index (χ0) is 40.8. The van der Waals surface area contributed by atoms with Gasteiger partial charge >= 0.3 is 5.97 Å². The van der Waals surface area contributed by atoms with Crippen LogP contribution in [-0.4, -0.2) is 36.4 Å². The molecule has 0 amide bonds. The molecule has 0 aromatic heterocycles. The van der Waals surface area contributed by atoms with Gasteiger partial charge in [0.15, 0.2) is 0 Å². The van der Waals surface area contributed by atoms with Crippen molar-refractivity contribution in [2.75, 3.05) is 24.7 Å². The van der Waals surface area contributed by atoms with Gasteiger partial charge in [0, 0.05) is 29.8 Å². The Labute approximate surface area is 343 Å². The molecule has 0 fully saturated rings. The molecule has 2 aliphatic heterocycles. The van der Waals surface area contributed by atoms with Crippen molar-refractivity contribution in [2.24, 2.45) is 10.2 Å². The van der Waals surface area contributed by atoms with E-state index in [1.807, 2.05) is 72.8 Å². The molecule has 4 aromatic carbocycles. The summed E-state index contributed by atoms with van der Waals surface area (Å²) in [6, 6.07) is 28.4. The number of para-hydroxylation sites is 1. The lowest BCUT2D eigenvalue weighted by molar-refractivity contribution is -0.384. The van der Waals surface area contributed by atoms with Crippen molar-refractivity contribution >= 4 is 34.8 Å². The third kappa shape index (κ3) is 10.5. The van der Waals surface area contributed by atoms with Crippen molar-refractivity contribution in [3.8, 4) is 11.5 Å². The van der Waals surface area contributed by atoms with Crippen molar-refractivity contribution in [3.05, 3.63) is 124 Å². The fraction of sp³-hybridized carbons (Fsp3) is 0.438. The number of non-ortho nitro benzene ring substituents is 1. The number of rotatable bonds is 22. The first-order valence-electron chi connectivity index (χ1n) is 21.1. The molecule has 1 unspecified atom stereocenters. The summed E-state index contributed by atoms with van der Waals surface area (Å²) in [6.07, 6.45) is 18.6. The maximum absolute atomic E-state index is 12.9. The Hall–Kier alpha value is -5.51. The summed E-state index contributed by atoms with van der Waals surface area (Å²) in [5.74, 6) is 1.17. The van der Waals surface area contributed by atoms with E-state index >= 15 is 0 Å². The fourth-order valence-electron chi connectivity index (χ4n) is 7.98. The van der Waals surface area contributed by atoms with Gasteiger partial charge in [-0.05, 0) is 105 Å². The van der Waals surface area contributed by atoms with Crippen molar-refractivity contribution in [3.63, 3.8) is 0 Å². The molecule has 0 saturated carbocycles. The van der Waals surface area contributed by atoms with E-state index < -0.39 is 16.1 Å². The quantitative estimate of drug-likeness (QED) is 0.0256. The van der Waals surface area contributed by atoms with Gasteiger partial charge in [-0.15, -0.1) is 0 Å². The van der Waals surface area contributed by atoms with E-state index in [9.17, 15) is 14.9 Å². The second-order valence-electron chi connectivity index (χ2n) is 15.9. The monoisotopic (exact) mass is 786 g/mol. The number of carbonyl (C=O) groups is 1. The van der Waals surface area contributed by atoms with Crippen molar-refractivity contribution in [1.82, 2.24) is 0 Å². The van der Waals surface area contributed by atoms with Gasteiger partial charge in [-0.2, -0.15) is 10.2 Å². The number of unbranched alkanes of at least 4 members (excludes halogenated alkanes) is 9. The van der Waals surface area contributed by atoms with Gasteiger partial charge in [-0.1, -0.05) is 95.0 Å². The first-order valence-corrected chi connectivity index (χ1v) is 21.1. The molecule has 4 aromatic rings. The highest BCUT2D eigenvalue weighted by molar-refractivity contribution is 5.73. The lowest BCUT2D eigenvalue weighted by atomic mass is 9.76. The number of fused-ring (bicyclic) bond motifs is 2. The third-order valence-corrected chi connectivity index (χ3v) is 11.4. The molecular formula is C48H58N4O6. The molecule has 0 saturated heterocycles. The Kier molecular flexibility index (Phi) is 14.7. The highest BCUT2D eigenvalue weighted by Crippen LogP contribution is 2.55. The molecular weight excluding hydrogens is 729 g/mol. The Balaban J connectivity index is 0.905. The van der Waals surface area contributed by atoms with E-state index in [0.29, 0.717) is 30.7 Å². The Bertz CT molecular complexity index is 2030. The predicted octanol–water partition coefficient (Wildman–Crippen LogP) is 12.8. The number of carbonyl (C=O) groups excluding carboxylic acids is 1. The maximum Gasteiger partial charge on any atom is 0.305 e. The molecule has 1 spiro atoms. The second kappa shape index (κ2) is 20.3. The van der Waals surface area contributed by atoms with Crippen LogP contribution in [0.25, 0.3) is 6.08 Å². The summed E-state index contributed by atoms with van der Waals surface area (Å²) in [5.41, 5.74) is 4.02. The van der Waals surface area contributed by atoms with Crippen molar-refractivity contribution in [2.45, 2.75) is 115 Å². The molecule has 0 bridgehead atoms. The van der Waals surface area contributed by atoms with Gasteiger partial charge < -0.3 is 19.1 Å². The highest BCUT2D eigenvalue weighted by atomic mass is 16.6. The minimum atomic E-state index is -0.913. The molecule has 10 nitrogen and oxygen atoms in total. The number of benzene rings is 4. The van der Waals surface area contributed by atoms with Crippen molar-refractivity contribution in [1.29, 1.82) is 0 Å². The number of aryl methyl sites for hydroxylation is 1. The Morgan fingerprint density at radius 3 is 2.14 bits per heavy atom. The van der Waals surface area contributed by atoms with Crippen LogP contribution in [0.5, 0.6) is 11.5 Å². The van der Waals surface area contributed by atoms with Gasteiger partial charge in [0.25, 0.3) is 5.69 Å². The average Bonchev–Trinajstić information content (AvgIpc) is 3.41. The minimum Gasteiger partial charge on any atom is -0.494 e. The van der Waals surface area contributed by atoms with Gasteiger partial charge in [-0.25, -0.2) is 0 Å². The van der Waals surface area contributed by atoms with Crippen LogP contribution in [0, 0.1) is 10.1 Å². The first-order chi connectivity index (χ1) is 28.2. The zero-order valence-corrected chi connectivity index (χ0v) is 34.4. The van der Waals surface area contributed by atoms with Crippen LogP contribution in [0.4, 0.5) is 22.7 Å². The molecule has 0 N–H and O–H groups in total. The number of ether oxygens (including phenoxy) is 3. The van der Waals surface area contributed by atoms with E-state index in [2.05, 4.69) is 48.0 Å². The third-order valence-electron chi connectivity index (χ3n) is 11.4. The molecule has 0 aliphatic carbocycles. The van der Waals surface area contributed by atoms with Crippen LogP contribution in [-0.2, 0) is 21.4 Å². The number of hydrogen-bond acceptors (Lipinski definition) is 9. The number of anilines is 1. The summed E-state index contributed by atoms with van der Waals surface area (Å²) < 4.78 is 18.4. The lowest BCUT2D eigenvalue weighted by Crippen LogP contribution is -2.60. The molecule has 1 atom stereocenters. The van der Waals surface area contributed by atoms with Crippen LogP contribution in [0.3, 0.4) is 0 Å². The molecule has 10 heteroatoms. The van der Waals surface area contributed by atoms with Crippen LogP contribution in [0.1, 0.15) is 115 Å². The zero-order valence-electron chi connectivity index (χ0n) is 34.4. The minimum absolute atomic E-state index is 0.0114. The standard InChI is InChI=1S/C48H58N4O6/c1-4-5-6-7-8-9-10-11-12-15-34-56-42-28-25-40(26-29-42)50-49-39-23-21-37(22-24-39)17-16-20-46(53)57-35-33-51-44-19-14-13-18-43(44)47(2,3)48(51)32-31-38-36-41(52(54)55)27-30-45(38)58-48/h13-14,18-19,21-32,36H,4-12,15-17,20,33-35H2,1-3H3. The summed E-state index contributed by atoms with van der Waals surface area (Å²) >= 11 is 0. The summed E-state index contributed by atoms with van der Waals surface area (Å²) in [7, 11) is 0. The topological polar surface area (TPSA) is 116 Å². The molecule has 0 radical (unpaired) electrons. The van der Waals surface area contributed by atoms with Gasteiger partial charge in [-0.3, -0.25) is 14.9 Å². The molecule has 58 heavy (non-hydrogen) atoms. The van der Waals surface area contributed by atoms with Crippen LogP contribution >= 0.6 is 0 Å². The number of hydrogen-bond donors (Lipinski definition) is 0. The van der Waals surface area contributed by atoms with E-state index in [4.69, 9.17) is 14.2 Å². The Morgan fingerprint density at radius 1 is 0.793 bits per heavy atom. The van der Waals surface area contributed by atoms with E-state index in [1.165, 1.54) is 69.9 Å². The van der Waals surface area contributed by atoms with Gasteiger partial charge in [0.05, 0.1) is 34.9 Å². The first kappa shape index (κ1) is 42.1. The SMILES string of the molecule is CCCCCCCCCCCCOc1ccc(N=Nc2ccc(CCCC(=O)OCCN3c4ccccc4C(C)(C)C34C=Cc3cc([N+](=O)[O-])ccc3O4)cc2)cc1. The highest BCUT2D eigenvalue weighted by Gasteiger charge is 2.58. The summed E-state index contributed by atoms with van der Waals surface area (Å²) in [4.78, 5) is 26.0. The molecule has 306 valence electrons. The number of nitro groups is 1. The predicted molar refractivity (Wildman–Crippen MR) is 231 cm³/mol. The average molecular weight is 787 g/mol. The van der Waals surface area contributed by atoms with E-state index in [1.54, 1.807) is 6.07 Å². The van der Waals surface area contributed by atoms with Crippen LogP contribution in [0.15, 0.2) is 107 Å². The van der Waals surface area contributed by atoms with Crippen molar-refractivity contribution < 1.29 is 23.9 Å². The fourth-order valence-corrected chi connectivity index (χ4v) is 7.98. The molecule has 6 rings (SSSR count).